The topological polar surface area (TPSA) is 94.3 Å². The number of rotatable bonds is 4. The maximum Gasteiger partial charge on any atom is 0.327 e. The molecular weight excluding hydrogens is 385 g/mol. The summed E-state index contributed by atoms with van der Waals surface area (Å²) in [4.78, 5) is 28.4. The summed E-state index contributed by atoms with van der Waals surface area (Å²) in [5, 5.41) is 5.38. The van der Waals surface area contributed by atoms with Crippen LogP contribution < -0.4 is 5.69 Å². The largest absolute Gasteiger partial charge is 0.327 e. The maximum atomic E-state index is 14.2. The Morgan fingerprint density at radius 3 is 2.77 bits per heavy atom. The van der Waals surface area contributed by atoms with Gasteiger partial charge in [0.2, 0.25) is 0 Å². The fourth-order valence-corrected chi connectivity index (χ4v) is 3.61. The zero-order valence-corrected chi connectivity index (χ0v) is 16.4. The fraction of sp³-hybridized carbons (Fsp3) is 0.190. The summed E-state index contributed by atoms with van der Waals surface area (Å²) in [5.41, 5.74) is 2.48. The molecule has 0 bridgehead atoms. The number of hydrogen-bond donors (Lipinski definition) is 1. The first-order valence-electron chi connectivity index (χ1n) is 9.55. The molecule has 1 N–H and O–H groups in total. The van der Waals surface area contributed by atoms with Crippen molar-refractivity contribution in [3.63, 3.8) is 0 Å². The molecule has 0 atom stereocenters. The number of aromatic amines is 1. The van der Waals surface area contributed by atoms with Crippen molar-refractivity contribution in [3.8, 4) is 11.5 Å². The molecule has 150 valence electrons. The second-order valence-electron chi connectivity index (χ2n) is 7.29. The van der Waals surface area contributed by atoms with E-state index in [4.69, 9.17) is 0 Å². The van der Waals surface area contributed by atoms with Crippen molar-refractivity contribution in [3.05, 3.63) is 70.7 Å². The highest BCUT2D eigenvalue weighted by molar-refractivity contribution is 5.90. The summed E-state index contributed by atoms with van der Waals surface area (Å²) >= 11 is 0. The van der Waals surface area contributed by atoms with Crippen LogP contribution in [0.4, 0.5) is 4.39 Å². The van der Waals surface area contributed by atoms with Gasteiger partial charge in [-0.15, -0.1) is 0 Å². The molecule has 0 amide bonds. The Bertz CT molecular complexity index is 1450. The van der Waals surface area contributed by atoms with Gasteiger partial charge in [-0.05, 0) is 32.0 Å². The van der Waals surface area contributed by atoms with Gasteiger partial charge in [-0.2, -0.15) is 5.10 Å². The SMILES string of the molecule is CC(C)n1c(=O)[nH]c2nc(-c3nn(Cc4ccccc4F)c4ncccc34)ncc21. The number of nitrogens with zero attached hydrogens (tertiary/aromatic N) is 6. The quantitative estimate of drug-likeness (QED) is 0.497. The highest BCUT2D eigenvalue weighted by Gasteiger charge is 2.19. The molecule has 5 rings (SSSR count). The van der Waals surface area contributed by atoms with Gasteiger partial charge in [-0.25, -0.2) is 28.8 Å². The highest BCUT2D eigenvalue weighted by Crippen LogP contribution is 2.26. The number of fused-ring (bicyclic) bond motifs is 2. The predicted octanol–water partition coefficient (Wildman–Crippen LogP) is 3.30. The molecule has 5 aromatic rings. The van der Waals surface area contributed by atoms with Gasteiger partial charge >= 0.3 is 5.69 Å². The lowest BCUT2D eigenvalue weighted by Crippen LogP contribution is -2.18. The first-order valence-corrected chi connectivity index (χ1v) is 9.55. The lowest BCUT2D eigenvalue weighted by atomic mass is 10.2. The molecule has 0 aliphatic carbocycles. The normalized spacial score (nSPS) is 11.7. The van der Waals surface area contributed by atoms with E-state index in [1.807, 2.05) is 19.9 Å². The molecule has 0 spiro atoms. The third kappa shape index (κ3) is 2.86. The number of aromatic nitrogens is 7. The molecule has 0 aliphatic heterocycles. The summed E-state index contributed by atoms with van der Waals surface area (Å²) in [6.07, 6.45) is 3.28. The van der Waals surface area contributed by atoms with E-state index < -0.39 is 0 Å². The Balaban J connectivity index is 1.66. The third-order valence-electron chi connectivity index (χ3n) is 4.99. The molecule has 0 radical (unpaired) electrons. The van der Waals surface area contributed by atoms with Gasteiger partial charge in [-0.1, -0.05) is 18.2 Å². The number of hydrogen-bond acceptors (Lipinski definition) is 5. The van der Waals surface area contributed by atoms with Gasteiger partial charge in [0.15, 0.2) is 17.1 Å². The molecule has 0 saturated carbocycles. The molecule has 1 aromatic carbocycles. The van der Waals surface area contributed by atoms with Crippen molar-refractivity contribution in [2.75, 3.05) is 0 Å². The molecule has 0 fully saturated rings. The van der Waals surface area contributed by atoms with E-state index >= 15 is 0 Å². The number of halogens is 1. The Morgan fingerprint density at radius 2 is 1.97 bits per heavy atom. The molecule has 30 heavy (non-hydrogen) atoms. The van der Waals surface area contributed by atoms with Gasteiger partial charge in [0.1, 0.15) is 17.0 Å². The fourth-order valence-electron chi connectivity index (χ4n) is 3.61. The van der Waals surface area contributed by atoms with Gasteiger partial charge < -0.3 is 0 Å². The Labute approximate surface area is 170 Å². The molecule has 0 aliphatic rings. The van der Waals surface area contributed by atoms with Crippen LogP contribution in [0.5, 0.6) is 0 Å². The lowest BCUT2D eigenvalue weighted by molar-refractivity contribution is 0.589. The Kier molecular flexibility index (Phi) is 4.16. The molecule has 9 heteroatoms. The second kappa shape index (κ2) is 6.87. The average molecular weight is 403 g/mol. The number of benzene rings is 1. The summed E-state index contributed by atoms with van der Waals surface area (Å²) < 4.78 is 17.4. The monoisotopic (exact) mass is 403 g/mol. The first-order chi connectivity index (χ1) is 14.5. The van der Waals surface area contributed by atoms with E-state index in [0.29, 0.717) is 33.9 Å². The van der Waals surface area contributed by atoms with Crippen molar-refractivity contribution in [1.29, 1.82) is 0 Å². The van der Waals surface area contributed by atoms with Crippen LogP contribution in [0.1, 0.15) is 25.5 Å². The zero-order chi connectivity index (χ0) is 20.8. The first kappa shape index (κ1) is 18.2. The molecule has 0 unspecified atom stereocenters. The van der Waals surface area contributed by atoms with Crippen molar-refractivity contribution in [2.45, 2.75) is 26.4 Å². The smallest absolute Gasteiger partial charge is 0.290 e. The van der Waals surface area contributed by atoms with Crippen LogP contribution in [-0.2, 0) is 6.54 Å². The van der Waals surface area contributed by atoms with Gasteiger partial charge in [0.05, 0.1) is 18.1 Å². The van der Waals surface area contributed by atoms with Crippen LogP contribution in [0, 0.1) is 5.82 Å². The van der Waals surface area contributed by atoms with Crippen LogP contribution in [-0.4, -0.2) is 34.3 Å². The second-order valence-corrected chi connectivity index (χ2v) is 7.29. The van der Waals surface area contributed by atoms with Crippen molar-refractivity contribution >= 4 is 22.2 Å². The standard InChI is InChI=1S/C21H18FN7O/c1-12(2)29-16-10-24-19(25-18(16)26-21(29)30)17-14-7-5-9-23-20(14)28(27-17)11-13-6-3-4-8-15(13)22/h3-10,12H,11H2,1-2H3,(H,24,25,26,30). The summed E-state index contributed by atoms with van der Waals surface area (Å²) in [5.74, 6) is 0.0637. The summed E-state index contributed by atoms with van der Waals surface area (Å²) in [6, 6.07) is 10.2. The van der Waals surface area contributed by atoms with Crippen LogP contribution in [0.15, 0.2) is 53.6 Å². The van der Waals surface area contributed by atoms with Crippen molar-refractivity contribution in [1.82, 2.24) is 34.3 Å². The van der Waals surface area contributed by atoms with E-state index in [0.717, 1.165) is 5.39 Å². The van der Waals surface area contributed by atoms with Crippen LogP contribution >= 0.6 is 0 Å². The molecule has 4 aromatic heterocycles. The number of H-pyrrole nitrogens is 1. The van der Waals surface area contributed by atoms with Crippen molar-refractivity contribution in [2.24, 2.45) is 0 Å². The minimum absolute atomic E-state index is 0.0225. The van der Waals surface area contributed by atoms with Crippen LogP contribution in [0.2, 0.25) is 0 Å². The van der Waals surface area contributed by atoms with E-state index in [9.17, 15) is 9.18 Å². The summed E-state index contributed by atoms with van der Waals surface area (Å²) in [6.45, 7) is 4.07. The maximum absolute atomic E-state index is 14.2. The predicted molar refractivity (Wildman–Crippen MR) is 111 cm³/mol. The van der Waals surface area contributed by atoms with Crippen LogP contribution in [0.25, 0.3) is 33.7 Å². The zero-order valence-electron chi connectivity index (χ0n) is 16.4. The highest BCUT2D eigenvalue weighted by atomic mass is 19.1. The Hall–Kier alpha value is -3.88. The minimum Gasteiger partial charge on any atom is -0.290 e. The number of imidazole rings is 1. The van der Waals surface area contributed by atoms with E-state index in [2.05, 4.69) is 25.0 Å². The van der Waals surface area contributed by atoms with Gasteiger partial charge in [0.25, 0.3) is 0 Å². The average Bonchev–Trinajstić information content (AvgIpc) is 3.26. The van der Waals surface area contributed by atoms with Crippen LogP contribution in [0.3, 0.4) is 0 Å². The molecule has 8 nitrogen and oxygen atoms in total. The summed E-state index contributed by atoms with van der Waals surface area (Å²) in [7, 11) is 0. The lowest BCUT2D eigenvalue weighted by Gasteiger charge is -2.06. The Morgan fingerprint density at radius 1 is 1.13 bits per heavy atom. The van der Waals surface area contributed by atoms with E-state index in [1.54, 1.807) is 45.9 Å². The third-order valence-corrected chi connectivity index (χ3v) is 4.99. The minimum atomic E-state index is -0.302. The van der Waals surface area contributed by atoms with Gasteiger partial charge in [-0.3, -0.25) is 9.55 Å². The van der Waals surface area contributed by atoms with E-state index in [1.165, 1.54) is 6.07 Å². The number of pyridine rings is 1. The van der Waals surface area contributed by atoms with E-state index in [-0.39, 0.29) is 24.1 Å². The molecule has 4 heterocycles. The number of nitrogens with one attached hydrogen (secondary N) is 1. The van der Waals surface area contributed by atoms with Crippen molar-refractivity contribution < 1.29 is 4.39 Å². The molecular formula is C21H18FN7O. The van der Waals surface area contributed by atoms with Gasteiger partial charge in [0, 0.05) is 17.8 Å². The molecule has 0 saturated heterocycles.